The first-order chi connectivity index (χ1) is 14.9. The van der Waals surface area contributed by atoms with Gasteiger partial charge in [-0.25, -0.2) is 8.42 Å². The highest BCUT2D eigenvalue weighted by Crippen LogP contribution is 2.35. The lowest BCUT2D eigenvalue weighted by Crippen LogP contribution is -2.29. The van der Waals surface area contributed by atoms with Crippen LogP contribution in [0.5, 0.6) is 5.75 Å². The molecule has 0 aliphatic carbocycles. The Labute approximate surface area is 182 Å². The van der Waals surface area contributed by atoms with Crippen molar-refractivity contribution < 1.29 is 17.9 Å². The molecule has 1 heterocycles. The topological polar surface area (TPSA) is 97.4 Å². The summed E-state index contributed by atoms with van der Waals surface area (Å²) in [6.07, 6.45) is 3.35. The number of carbonyl (C=O) groups is 1. The number of ether oxygens (including phenoxy) is 1. The van der Waals surface area contributed by atoms with Crippen LogP contribution in [-0.4, -0.2) is 32.5 Å². The third-order valence-electron chi connectivity index (χ3n) is 4.54. The number of pyridine rings is 1. The van der Waals surface area contributed by atoms with Gasteiger partial charge in [-0.2, -0.15) is 0 Å². The summed E-state index contributed by atoms with van der Waals surface area (Å²) < 4.78 is 32.1. The largest absolute Gasteiger partial charge is 0.490 e. The van der Waals surface area contributed by atoms with E-state index in [2.05, 4.69) is 15.6 Å². The van der Waals surface area contributed by atoms with Crippen LogP contribution >= 0.6 is 0 Å². The second kappa shape index (κ2) is 10.1. The van der Waals surface area contributed by atoms with Gasteiger partial charge in [-0.1, -0.05) is 29.8 Å². The third-order valence-corrected chi connectivity index (χ3v) is 6.33. The average Bonchev–Trinajstić information content (AvgIpc) is 2.78. The number of hydrogen-bond acceptors (Lipinski definition) is 6. The Morgan fingerprint density at radius 1 is 1.06 bits per heavy atom. The van der Waals surface area contributed by atoms with Crippen LogP contribution in [0.25, 0.3) is 0 Å². The van der Waals surface area contributed by atoms with E-state index in [1.807, 2.05) is 13.0 Å². The Morgan fingerprint density at radius 2 is 1.84 bits per heavy atom. The summed E-state index contributed by atoms with van der Waals surface area (Å²) >= 11 is 0. The van der Waals surface area contributed by atoms with Crippen molar-refractivity contribution in [2.45, 2.75) is 30.2 Å². The van der Waals surface area contributed by atoms with Crippen molar-refractivity contribution in [1.82, 2.24) is 10.3 Å². The van der Waals surface area contributed by atoms with E-state index in [9.17, 15) is 13.2 Å². The number of aryl methyl sites for hydroxylation is 1. The highest BCUT2D eigenvalue weighted by molar-refractivity contribution is 7.91. The maximum atomic E-state index is 13.2. The number of amides is 1. The van der Waals surface area contributed by atoms with E-state index in [-0.39, 0.29) is 34.6 Å². The van der Waals surface area contributed by atoms with E-state index in [1.54, 1.807) is 61.8 Å². The van der Waals surface area contributed by atoms with Gasteiger partial charge in [0.1, 0.15) is 4.90 Å². The summed E-state index contributed by atoms with van der Waals surface area (Å²) in [7, 11) is -3.79. The van der Waals surface area contributed by atoms with Crippen LogP contribution in [0.3, 0.4) is 0 Å². The molecule has 0 atom stereocenters. The molecule has 7 nitrogen and oxygen atoms in total. The Hall–Kier alpha value is -3.39. The molecule has 0 spiro atoms. The zero-order chi connectivity index (χ0) is 22.3. The normalized spacial score (nSPS) is 11.0. The van der Waals surface area contributed by atoms with Crippen LogP contribution in [0.1, 0.15) is 18.1 Å². The smallest absolute Gasteiger partial charge is 0.239 e. The zero-order valence-corrected chi connectivity index (χ0v) is 18.3. The Bertz CT molecular complexity index is 1130. The summed E-state index contributed by atoms with van der Waals surface area (Å²) in [6.45, 7) is 4.27. The predicted molar refractivity (Wildman–Crippen MR) is 119 cm³/mol. The molecule has 0 unspecified atom stereocenters. The minimum atomic E-state index is -3.79. The van der Waals surface area contributed by atoms with E-state index in [0.717, 1.165) is 11.1 Å². The van der Waals surface area contributed by atoms with Crippen LogP contribution in [0.4, 0.5) is 5.69 Å². The number of anilines is 1. The fourth-order valence-electron chi connectivity index (χ4n) is 2.95. The van der Waals surface area contributed by atoms with Crippen LogP contribution in [0.2, 0.25) is 0 Å². The molecular formula is C23H25N3O4S. The van der Waals surface area contributed by atoms with Gasteiger partial charge >= 0.3 is 0 Å². The molecule has 2 aromatic carbocycles. The molecule has 0 saturated heterocycles. The van der Waals surface area contributed by atoms with Crippen molar-refractivity contribution in [3.8, 4) is 5.75 Å². The number of benzene rings is 2. The second-order valence-electron chi connectivity index (χ2n) is 6.87. The van der Waals surface area contributed by atoms with E-state index < -0.39 is 9.84 Å². The first-order valence-corrected chi connectivity index (χ1v) is 11.4. The quantitative estimate of drug-likeness (QED) is 0.531. The molecule has 3 aromatic rings. The number of nitrogens with one attached hydrogen (secondary N) is 2. The minimum Gasteiger partial charge on any atom is -0.490 e. The molecule has 1 aromatic heterocycles. The molecule has 31 heavy (non-hydrogen) atoms. The van der Waals surface area contributed by atoms with Gasteiger partial charge in [-0.15, -0.1) is 0 Å². The molecule has 162 valence electrons. The lowest BCUT2D eigenvalue weighted by Gasteiger charge is -2.16. The van der Waals surface area contributed by atoms with E-state index in [0.29, 0.717) is 12.2 Å². The summed E-state index contributed by atoms with van der Waals surface area (Å²) in [4.78, 5) is 16.5. The van der Waals surface area contributed by atoms with Crippen molar-refractivity contribution in [1.29, 1.82) is 0 Å². The van der Waals surface area contributed by atoms with Crippen molar-refractivity contribution >= 4 is 21.4 Å². The van der Waals surface area contributed by atoms with Crippen LogP contribution in [0, 0.1) is 6.92 Å². The Balaban J connectivity index is 1.78. The van der Waals surface area contributed by atoms with Gasteiger partial charge in [0.2, 0.25) is 15.7 Å². The molecular weight excluding hydrogens is 414 g/mol. The van der Waals surface area contributed by atoms with Gasteiger partial charge in [-0.3, -0.25) is 9.78 Å². The molecule has 1 amide bonds. The maximum Gasteiger partial charge on any atom is 0.239 e. The monoisotopic (exact) mass is 439 g/mol. The van der Waals surface area contributed by atoms with E-state index in [1.165, 1.54) is 6.07 Å². The fraction of sp³-hybridized carbons (Fsp3) is 0.217. The fourth-order valence-corrected chi connectivity index (χ4v) is 4.36. The number of hydrogen-bond donors (Lipinski definition) is 2. The van der Waals surface area contributed by atoms with Crippen LogP contribution < -0.4 is 15.4 Å². The first-order valence-electron chi connectivity index (χ1n) is 9.89. The number of para-hydroxylation sites is 1. The number of nitrogens with zero attached hydrogens (tertiary/aromatic N) is 1. The zero-order valence-electron chi connectivity index (χ0n) is 17.5. The Kier molecular flexibility index (Phi) is 7.25. The average molecular weight is 440 g/mol. The predicted octanol–water partition coefficient (Wildman–Crippen LogP) is 3.35. The molecule has 0 saturated carbocycles. The maximum absolute atomic E-state index is 13.2. The van der Waals surface area contributed by atoms with Crippen LogP contribution in [0.15, 0.2) is 76.8 Å². The molecule has 8 heteroatoms. The molecule has 2 N–H and O–H groups in total. The highest BCUT2D eigenvalue weighted by atomic mass is 32.2. The molecule has 0 radical (unpaired) electrons. The lowest BCUT2D eigenvalue weighted by molar-refractivity contribution is -0.119. The van der Waals surface area contributed by atoms with E-state index >= 15 is 0 Å². The molecule has 0 aliphatic rings. The van der Waals surface area contributed by atoms with Gasteiger partial charge in [-0.05, 0) is 49.7 Å². The molecule has 0 aliphatic heterocycles. The highest BCUT2D eigenvalue weighted by Gasteiger charge is 2.24. The molecule has 3 rings (SSSR count). The molecule has 0 bridgehead atoms. The van der Waals surface area contributed by atoms with Gasteiger partial charge in [0.15, 0.2) is 5.75 Å². The van der Waals surface area contributed by atoms with Gasteiger partial charge in [0.25, 0.3) is 0 Å². The first kappa shape index (κ1) is 22.3. The number of sulfone groups is 1. The summed E-state index contributed by atoms with van der Waals surface area (Å²) in [5.41, 5.74) is 2.29. The second-order valence-corrected chi connectivity index (χ2v) is 8.79. The standard InChI is InChI=1S/C23H25N3O4S/c1-3-30-23-20(25-16-22(27)26-15-18-6-5-13-24-14-18)7-4-8-21(23)31(28,29)19-11-9-17(2)10-12-19/h4-14,25H,3,15-16H2,1-2H3,(H,26,27). The Morgan fingerprint density at radius 3 is 2.52 bits per heavy atom. The summed E-state index contributed by atoms with van der Waals surface area (Å²) in [5, 5.41) is 5.79. The number of aromatic nitrogens is 1. The van der Waals surface area contributed by atoms with Crippen molar-refractivity contribution in [2.24, 2.45) is 0 Å². The van der Waals surface area contributed by atoms with Crippen molar-refractivity contribution in [2.75, 3.05) is 18.5 Å². The van der Waals surface area contributed by atoms with E-state index in [4.69, 9.17) is 4.74 Å². The van der Waals surface area contributed by atoms with Gasteiger partial charge in [0.05, 0.1) is 23.7 Å². The summed E-state index contributed by atoms with van der Waals surface area (Å²) in [6, 6.07) is 15.1. The van der Waals surface area contributed by atoms with Crippen molar-refractivity contribution in [3.63, 3.8) is 0 Å². The van der Waals surface area contributed by atoms with Gasteiger partial charge in [0, 0.05) is 18.9 Å². The minimum absolute atomic E-state index is 0.0334. The summed E-state index contributed by atoms with van der Waals surface area (Å²) in [5.74, 6) is -0.0382. The lowest BCUT2D eigenvalue weighted by atomic mass is 10.2. The number of rotatable bonds is 9. The van der Waals surface area contributed by atoms with Crippen LogP contribution in [-0.2, 0) is 21.2 Å². The number of carbonyl (C=O) groups excluding carboxylic acids is 1. The molecule has 0 fully saturated rings. The SMILES string of the molecule is CCOc1c(NCC(=O)NCc2cccnc2)cccc1S(=O)(=O)c1ccc(C)cc1. The van der Waals surface area contributed by atoms with Gasteiger partial charge < -0.3 is 15.4 Å². The third kappa shape index (κ3) is 5.61. The van der Waals surface area contributed by atoms with Crippen molar-refractivity contribution in [3.05, 3.63) is 78.1 Å².